The van der Waals surface area contributed by atoms with Crippen LogP contribution in [0.25, 0.3) is 0 Å². The van der Waals surface area contributed by atoms with Gasteiger partial charge in [-0.15, -0.1) is 11.8 Å². The van der Waals surface area contributed by atoms with Crippen molar-refractivity contribution in [1.29, 1.82) is 0 Å². The monoisotopic (exact) mass is 335 g/mol. The molecule has 0 aliphatic heterocycles. The van der Waals surface area contributed by atoms with Gasteiger partial charge in [0.15, 0.2) is 6.61 Å². The van der Waals surface area contributed by atoms with Gasteiger partial charge in [-0.3, -0.25) is 9.59 Å². The summed E-state index contributed by atoms with van der Waals surface area (Å²) in [5, 5.41) is 2.84. The third kappa shape index (κ3) is 5.57. The molecule has 0 saturated carbocycles. The number of rotatable bonds is 7. The van der Waals surface area contributed by atoms with Crippen LogP contribution in [0.15, 0.2) is 23.1 Å². The van der Waals surface area contributed by atoms with Gasteiger partial charge in [-0.1, -0.05) is 13.0 Å². The zero-order chi connectivity index (χ0) is 16.9. The van der Waals surface area contributed by atoms with Gasteiger partial charge in [0.25, 0.3) is 5.91 Å². The Balaban J connectivity index is 1.72. The third-order valence-corrected chi connectivity index (χ3v) is 5.12. The Morgan fingerprint density at radius 1 is 1.26 bits per heavy atom. The number of benzene rings is 1. The van der Waals surface area contributed by atoms with Gasteiger partial charge in [0.2, 0.25) is 0 Å². The van der Waals surface area contributed by atoms with Crippen LogP contribution in [0.1, 0.15) is 44.7 Å². The molecule has 23 heavy (non-hydrogen) atoms. The van der Waals surface area contributed by atoms with Gasteiger partial charge < -0.3 is 10.1 Å². The van der Waals surface area contributed by atoms with Crippen LogP contribution >= 0.6 is 11.8 Å². The maximum Gasteiger partial charge on any atom is 0.316 e. The summed E-state index contributed by atoms with van der Waals surface area (Å²) >= 11 is 1.46. The molecule has 0 unspecified atom stereocenters. The van der Waals surface area contributed by atoms with Crippen LogP contribution in [0.2, 0.25) is 0 Å². The number of esters is 1. The average Bonchev–Trinajstić information content (AvgIpc) is 2.98. The van der Waals surface area contributed by atoms with Crippen LogP contribution in [0, 0.1) is 0 Å². The molecule has 1 aromatic carbocycles. The Bertz CT molecular complexity index is 584. The first-order valence-electron chi connectivity index (χ1n) is 8.11. The summed E-state index contributed by atoms with van der Waals surface area (Å²) < 4.78 is 5.04. The molecule has 1 aliphatic rings. The second kappa shape index (κ2) is 7.86. The molecule has 0 saturated heterocycles. The Hall–Kier alpha value is -1.49. The van der Waals surface area contributed by atoms with Crippen molar-refractivity contribution in [2.45, 2.75) is 56.9 Å². The summed E-state index contributed by atoms with van der Waals surface area (Å²) in [7, 11) is 0. The number of hydrogen-bond acceptors (Lipinski definition) is 4. The molecule has 0 atom stereocenters. The maximum atomic E-state index is 11.8. The molecule has 4 nitrogen and oxygen atoms in total. The summed E-state index contributed by atoms with van der Waals surface area (Å²) in [5.74, 6) is -0.392. The molecule has 0 aromatic heterocycles. The Morgan fingerprint density at radius 2 is 2.00 bits per heavy atom. The molecule has 0 fully saturated rings. The summed E-state index contributed by atoms with van der Waals surface area (Å²) in [4.78, 5) is 24.6. The zero-order valence-electron chi connectivity index (χ0n) is 14.1. The van der Waals surface area contributed by atoms with E-state index in [0.29, 0.717) is 0 Å². The highest BCUT2D eigenvalue weighted by molar-refractivity contribution is 8.00. The maximum absolute atomic E-state index is 11.8. The summed E-state index contributed by atoms with van der Waals surface area (Å²) in [6.07, 6.45) is 4.32. The normalized spacial score (nSPS) is 13.5. The second-order valence-electron chi connectivity index (χ2n) is 6.52. The van der Waals surface area contributed by atoms with Crippen LogP contribution in [-0.2, 0) is 27.2 Å². The molecule has 0 spiro atoms. The molecule has 1 aliphatic carbocycles. The van der Waals surface area contributed by atoms with E-state index in [9.17, 15) is 9.59 Å². The van der Waals surface area contributed by atoms with E-state index in [0.717, 1.165) is 24.2 Å². The first-order valence-corrected chi connectivity index (χ1v) is 9.09. The highest BCUT2D eigenvalue weighted by atomic mass is 32.2. The molecule has 1 N–H and O–H groups in total. The van der Waals surface area contributed by atoms with E-state index in [1.165, 1.54) is 29.3 Å². The van der Waals surface area contributed by atoms with E-state index in [1.807, 2.05) is 20.8 Å². The number of aryl methyl sites for hydroxylation is 2. The molecule has 126 valence electrons. The van der Waals surface area contributed by atoms with Crippen molar-refractivity contribution < 1.29 is 14.3 Å². The summed E-state index contributed by atoms with van der Waals surface area (Å²) in [6.45, 7) is 5.67. The minimum absolute atomic E-state index is 0.215. The standard InChI is InChI=1S/C18H25NO3S/c1-4-18(2,3)19-16(20)11-22-17(21)12-23-15-9-8-13-6-5-7-14(13)10-15/h8-10H,4-7,11-12H2,1-3H3,(H,19,20). The number of nitrogens with one attached hydrogen (secondary N) is 1. The van der Waals surface area contributed by atoms with Crippen molar-refractivity contribution in [3.63, 3.8) is 0 Å². The molecule has 0 bridgehead atoms. The molecule has 1 amide bonds. The lowest BCUT2D eigenvalue weighted by Gasteiger charge is -2.24. The van der Waals surface area contributed by atoms with Gasteiger partial charge in [-0.05, 0) is 62.8 Å². The van der Waals surface area contributed by atoms with Crippen molar-refractivity contribution >= 4 is 23.6 Å². The van der Waals surface area contributed by atoms with Crippen molar-refractivity contribution in [2.24, 2.45) is 0 Å². The van der Waals surface area contributed by atoms with Crippen molar-refractivity contribution in [2.75, 3.05) is 12.4 Å². The first-order chi connectivity index (χ1) is 10.9. The molecule has 5 heteroatoms. The van der Waals surface area contributed by atoms with Crippen molar-refractivity contribution in [3.05, 3.63) is 29.3 Å². The fraction of sp³-hybridized carbons (Fsp3) is 0.556. The number of hydrogen-bond donors (Lipinski definition) is 1. The third-order valence-electron chi connectivity index (χ3n) is 4.15. The van der Waals surface area contributed by atoms with E-state index >= 15 is 0 Å². The minimum Gasteiger partial charge on any atom is -0.455 e. The number of ether oxygens (including phenoxy) is 1. The number of thioether (sulfide) groups is 1. The van der Waals surface area contributed by atoms with Crippen LogP contribution in [-0.4, -0.2) is 29.8 Å². The molecule has 0 heterocycles. The lowest BCUT2D eigenvalue weighted by atomic mass is 10.0. The highest BCUT2D eigenvalue weighted by Gasteiger charge is 2.18. The van der Waals surface area contributed by atoms with Crippen LogP contribution in [0.3, 0.4) is 0 Å². The number of amides is 1. The highest BCUT2D eigenvalue weighted by Crippen LogP contribution is 2.27. The van der Waals surface area contributed by atoms with Gasteiger partial charge in [-0.2, -0.15) is 0 Å². The number of carbonyl (C=O) groups is 2. The Labute approximate surface area is 142 Å². The molecular weight excluding hydrogens is 310 g/mol. The van der Waals surface area contributed by atoms with Gasteiger partial charge in [0.05, 0.1) is 5.75 Å². The first kappa shape index (κ1) is 17.9. The van der Waals surface area contributed by atoms with E-state index < -0.39 is 0 Å². The lowest BCUT2D eigenvalue weighted by molar-refractivity contribution is -0.146. The zero-order valence-corrected chi connectivity index (χ0v) is 14.9. The summed E-state index contributed by atoms with van der Waals surface area (Å²) in [6, 6.07) is 6.37. The fourth-order valence-corrected chi connectivity index (χ4v) is 3.23. The SMILES string of the molecule is CCC(C)(C)NC(=O)COC(=O)CSc1ccc2c(c1)CCC2. The number of carbonyl (C=O) groups excluding carboxylic acids is 2. The summed E-state index contributed by atoms with van der Waals surface area (Å²) in [5.41, 5.74) is 2.54. The fourth-order valence-electron chi connectivity index (χ4n) is 2.47. The van der Waals surface area contributed by atoms with E-state index in [-0.39, 0.29) is 29.8 Å². The smallest absolute Gasteiger partial charge is 0.316 e. The molecule has 1 aromatic rings. The minimum atomic E-state index is -0.361. The van der Waals surface area contributed by atoms with Gasteiger partial charge >= 0.3 is 5.97 Å². The van der Waals surface area contributed by atoms with Crippen molar-refractivity contribution in [3.8, 4) is 0 Å². The van der Waals surface area contributed by atoms with Crippen LogP contribution in [0.5, 0.6) is 0 Å². The van der Waals surface area contributed by atoms with E-state index in [4.69, 9.17) is 4.74 Å². The Morgan fingerprint density at radius 3 is 2.74 bits per heavy atom. The van der Waals surface area contributed by atoms with Crippen molar-refractivity contribution in [1.82, 2.24) is 5.32 Å². The van der Waals surface area contributed by atoms with E-state index in [1.54, 1.807) is 0 Å². The van der Waals surface area contributed by atoms with Gasteiger partial charge in [0, 0.05) is 10.4 Å². The van der Waals surface area contributed by atoms with Crippen LogP contribution in [0.4, 0.5) is 0 Å². The van der Waals surface area contributed by atoms with Crippen LogP contribution < -0.4 is 5.32 Å². The molecular formula is C18H25NO3S. The molecule has 0 radical (unpaired) electrons. The predicted octanol–water partition coefficient (Wildman–Crippen LogP) is 3.12. The average molecular weight is 335 g/mol. The Kier molecular flexibility index (Phi) is 6.10. The quantitative estimate of drug-likeness (QED) is 0.614. The van der Waals surface area contributed by atoms with Gasteiger partial charge in [0.1, 0.15) is 0 Å². The van der Waals surface area contributed by atoms with Gasteiger partial charge in [-0.25, -0.2) is 0 Å². The topological polar surface area (TPSA) is 55.4 Å². The lowest BCUT2D eigenvalue weighted by Crippen LogP contribution is -2.44. The molecule has 2 rings (SSSR count). The predicted molar refractivity (Wildman–Crippen MR) is 92.7 cm³/mol. The largest absolute Gasteiger partial charge is 0.455 e. The second-order valence-corrected chi connectivity index (χ2v) is 7.57. The number of fused-ring (bicyclic) bond motifs is 1. The van der Waals surface area contributed by atoms with E-state index in [2.05, 4.69) is 23.5 Å².